The molecule has 1 rings (SSSR count). The number of hydrogen-bond donors (Lipinski definition) is 0. The van der Waals surface area contributed by atoms with E-state index in [0.29, 0.717) is 11.8 Å². The van der Waals surface area contributed by atoms with Gasteiger partial charge in [-0.05, 0) is 5.92 Å². The highest BCUT2D eigenvalue weighted by Gasteiger charge is 2.06. The molecule has 0 unspecified atom stereocenters. The summed E-state index contributed by atoms with van der Waals surface area (Å²) >= 11 is 0. The normalized spacial score (nSPS) is 9.27. The van der Waals surface area contributed by atoms with Gasteiger partial charge in [0.1, 0.15) is 5.75 Å². The predicted octanol–water partition coefficient (Wildman–Crippen LogP) is 3.25. The van der Waals surface area contributed by atoms with Gasteiger partial charge in [-0.25, -0.2) is 4.98 Å². The predicted molar refractivity (Wildman–Crippen MR) is 62.8 cm³/mol. The molecule has 0 saturated carbocycles. The number of pyridine rings is 1. The standard InChI is InChI=1S/C10H15NO2.C2H6/c1-7(2)9-5-8(12-3)6-10(11-9)13-4;1-2/h5-7H,1-4H3;1-2H3. The highest BCUT2D eigenvalue weighted by Crippen LogP contribution is 2.23. The van der Waals surface area contributed by atoms with E-state index in [0.717, 1.165) is 11.4 Å². The average Bonchev–Trinajstić information content (AvgIpc) is 2.30. The third-order valence-corrected chi connectivity index (χ3v) is 1.83. The fourth-order valence-electron chi connectivity index (χ4n) is 1.02. The first kappa shape index (κ1) is 13.8. The van der Waals surface area contributed by atoms with Crippen LogP contribution in [0.1, 0.15) is 39.3 Å². The molecule has 0 aromatic carbocycles. The molecule has 1 aromatic heterocycles. The van der Waals surface area contributed by atoms with Gasteiger partial charge in [0.2, 0.25) is 5.88 Å². The minimum atomic E-state index is 0.379. The van der Waals surface area contributed by atoms with Crippen molar-refractivity contribution in [2.24, 2.45) is 0 Å². The molecule has 0 N–H and O–H groups in total. The Morgan fingerprint density at radius 1 is 1.07 bits per heavy atom. The van der Waals surface area contributed by atoms with E-state index in [1.165, 1.54) is 0 Å². The molecule has 0 aliphatic rings. The first-order valence-corrected chi connectivity index (χ1v) is 5.27. The van der Waals surface area contributed by atoms with Gasteiger partial charge >= 0.3 is 0 Å². The molecule has 0 fully saturated rings. The van der Waals surface area contributed by atoms with Crippen molar-refractivity contribution in [3.8, 4) is 11.6 Å². The van der Waals surface area contributed by atoms with Crippen LogP contribution < -0.4 is 9.47 Å². The van der Waals surface area contributed by atoms with Gasteiger partial charge in [-0.3, -0.25) is 0 Å². The molecule has 86 valence electrons. The summed E-state index contributed by atoms with van der Waals surface area (Å²) in [5.74, 6) is 1.77. The van der Waals surface area contributed by atoms with Gasteiger partial charge in [0.15, 0.2) is 0 Å². The van der Waals surface area contributed by atoms with E-state index in [1.54, 1.807) is 20.3 Å². The van der Waals surface area contributed by atoms with Crippen LogP contribution in [-0.4, -0.2) is 19.2 Å². The maximum atomic E-state index is 5.13. The number of methoxy groups -OCH3 is 2. The van der Waals surface area contributed by atoms with Crippen LogP contribution in [-0.2, 0) is 0 Å². The summed E-state index contributed by atoms with van der Waals surface area (Å²) in [5, 5.41) is 0. The Hall–Kier alpha value is -1.25. The number of nitrogens with zero attached hydrogens (tertiary/aromatic N) is 1. The zero-order chi connectivity index (χ0) is 11.8. The number of rotatable bonds is 3. The molecule has 3 heteroatoms. The van der Waals surface area contributed by atoms with Crippen molar-refractivity contribution in [3.05, 3.63) is 17.8 Å². The Labute approximate surface area is 92.4 Å². The number of ether oxygens (including phenoxy) is 2. The zero-order valence-electron chi connectivity index (χ0n) is 10.5. The lowest BCUT2D eigenvalue weighted by molar-refractivity contribution is 0.379. The molecule has 0 amide bonds. The Kier molecular flexibility index (Phi) is 6.50. The van der Waals surface area contributed by atoms with E-state index in [4.69, 9.17) is 9.47 Å². The van der Waals surface area contributed by atoms with E-state index in [1.807, 2.05) is 19.9 Å². The van der Waals surface area contributed by atoms with E-state index in [2.05, 4.69) is 18.8 Å². The minimum absolute atomic E-state index is 0.379. The topological polar surface area (TPSA) is 31.4 Å². The molecule has 3 nitrogen and oxygen atoms in total. The molecular weight excluding hydrogens is 190 g/mol. The zero-order valence-corrected chi connectivity index (χ0v) is 10.5. The summed E-state index contributed by atoms with van der Waals surface area (Å²) in [4.78, 5) is 4.30. The highest BCUT2D eigenvalue weighted by atomic mass is 16.5. The van der Waals surface area contributed by atoms with Gasteiger partial charge in [-0.2, -0.15) is 0 Å². The molecule has 0 bridgehead atoms. The quantitative estimate of drug-likeness (QED) is 0.769. The third-order valence-electron chi connectivity index (χ3n) is 1.83. The summed E-state index contributed by atoms with van der Waals surface area (Å²) in [6, 6.07) is 3.69. The second kappa shape index (κ2) is 7.10. The summed E-state index contributed by atoms with van der Waals surface area (Å²) in [5.41, 5.74) is 0.983. The highest BCUT2D eigenvalue weighted by molar-refractivity contribution is 5.31. The monoisotopic (exact) mass is 211 g/mol. The summed E-state index contributed by atoms with van der Waals surface area (Å²) in [7, 11) is 3.24. The molecule has 0 aliphatic carbocycles. The Morgan fingerprint density at radius 3 is 2.07 bits per heavy atom. The fourth-order valence-corrected chi connectivity index (χ4v) is 1.02. The van der Waals surface area contributed by atoms with E-state index in [-0.39, 0.29) is 0 Å². The molecular formula is C12H21NO2. The summed E-state index contributed by atoms with van der Waals surface area (Å²) in [6.45, 7) is 8.17. The van der Waals surface area contributed by atoms with E-state index in [9.17, 15) is 0 Å². The van der Waals surface area contributed by atoms with Crippen molar-refractivity contribution in [3.63, 3.8) is 0 Å². The van der Waals surface area contributed by atoms with Gasteiger partial charge in [0, 0.05) is 12.1 Å². The maximum Gasteiger partial charge on any atom is 0.216 e. The smallest absolute Gasteiger partial charge is 0.216 e. The molecule has 0 atom stereocenters. The second-order valence-electron chi connectivity index (χ2n) is 3.13. The third kappa shape index (κ3) is 4.19. The maximum absolute atomic E-state index is 5.13. The molecule has 0 radical (unpaired) electrons. The largest absolute Gasteiger partial charge is 0.496 e. The van der Waals surface area contributed by atoms with Gasteiger partial charge in [0.05, 0.1) is 19.9 Å². The number of hydrogen-bond acceptors (Lipinski definition) is 3. The van der Waals surface area contributed by atoms with E-state index >= 15 is 0 Å². The summed E-state index contributed by atoms with van der Waals surface area (Å²) in [6.07, 6.45) is 0. The van der Waals surface area contributed by atoms with Gasteiger partial charge in [-0.15, -0.1) is 0 Å². The van der Waals surface area contributed by atoms with Crippen molar-refractivity contribution < 1.29 is 9.47 Å². The van der Waals surface area contributed by atoms with Crippen LogP contribution >= 0.6 is 0 Å². The van der Waals surface area contributed by atoms with Crippen LogP contribution in [0.25, 0.3) is 0 Å². The minimum Gasteiger partial charge on any atom is -0.496 e. The Balaban J connectivity index is 0.000000921. The molecule has 1 heterocycles. The summed E-state index contributed by atoms with van der Waals surface area (Å²) < 4.78 is 10.2. The van der Waals surface area contributed by atoms with E-state index < -0.39 is 0 Å². The average molecular weight is 211 g/mol. The molecule has 0 spiro atoms. The molecule has 0 saturated heterocycles. The Bertz CT molecular complexity index is 263. The van der Waals surface area contributed by atoms with Crippen LogP contribution in [0.15, 0.2) is 12.1 Å². The number of aromatic nitrogens is 1. The van der Waals surface area contributed by atoms with Crippen LogP contribution in [0, 0.1) is 0 Å². The first-order valence-electron chi connectivity index (χ1n) is 5.27. The van der Waals surface area contributed by atoms with Crippen LogP contribution in [0.2, 0.25) is 0 Å². The van der Waals surface area contributed by atoms with Gasteiger partial charge < -0.3 is 9.47 Å². The second-order valence-corrected chi connectivity index (χ2v) is 3.13. The fraction of sp³-hybridized carbons (Fsp3) is 0.583. The first-order chi connectivity index (χ1) is 7.17. The SMILES string of the molecule is CC.COc1cc(OC)nc(C(C)C)c1. The van der Waals surface area contributed by atoms with Crippen LogP contribution in [0.4, 0.5) is 0 Å². The van der Waals surface area contributed by atoms with Crippen molar-refractivity contribution in [1.29, 1.82) is 0 Å². The lowest BCUT2D eigenvalue weighted by Gasteiger charge is -2.09. The van der Waals surface area contributed by atoms with Crippen molar-refractivity contribution in [2.45, 2.75) is 33.6 Å². The molecule has 1 aromatic rings. The van der Waals surface area contributed by atoms with Crippen molar-refractivity contribution in [2.75, 3.05) is 14.2 Å². The van der Waals surface area contributed by atoms with Gasteiger partial charge in [0.25, 0.3) is 0 Å². The lowest BCUT2D eigenvalue weighted by atomic mass is 10.1. The van der Waals surface area contributed by atoms with Crippen molar-refractivity contribution >= 4 is 0 Å². The molecule has 15 heavy (non-hydrogen) atoms. The molecule has 0 aliphatic heterocycles. The van der Waals surface area contributed by atoms with Crippen LogP contribution in [0.5, 0.6) is 11.6 Å². The van der Waals surface area contributed by atoms with Gasteiger partial charge in [-0.1, -0.05) is 27.7 Å². The van der Waals surface area contributed by atoms with Crippen molar-refractivity contribution in [1.82, 2.24) is 4.98 Å². The van der Waals surface area contributed by atoms with Crippen LogP contribution in [0.3, 0.4) is 0 Å². The lowest BCUT2D eigenvalue weighted by Crippen LogP contribution is -1.97. The Morgan fingerprint density at radius 2 is 1.67 bits per heavy atom.